The first-order chi connectivity index (χ1) is 11.0. The number of hydrogen-bond donors (Lipinski definition) is 3. The minimum absolute atomic E-state index is 0.0235. The summed E-state index contributed by atoms with van der Waals surface area (Å²) < 4.78 is 27.3. The molecule has 0 atom stereocenters. The van der Waals surface area contributed by atoms with Crippen molar-refractivity contribution in [2.45, 2.75) is 24.3 Å². The van der Waals surface area contributed by atoms with Gasteiger partial charge in [0.1, 0.15) is 9.77 Å². The average Bonchev–Trinajstić information content (AvgIpc) is 3.20. The maximum Gasteiger partial charge on any atom is 0.262 e. The third-order valence-electron chi connectivity index (χ3n) is 3.06. The van der Waals surface area contributed by atoms with Crippen LogP contribution in [0.25, 0.3) is 0 Å². The zero-order valence-corrected chi connectivity index (χ0v) is 14.9. The molecule has 2 aromatic heterocycles. The van der Waals surface area contributed by atoms with Crippen LogP contribution in [0.1, 0.15) is 27.4 Å². The van der Waals surface area contributed by atoms with E-state index in [1.807, 2.05) is 17.5 Å². The number of thiophene rings is 2. The second kappa shape index (κ2) is 8.55. The van der Waals surface area contributed by atoms with Crippen molar-refractivity contribution in [3.63, 3.8) is 0 Å². The van der Waals surface area contributed by atoms with Gasteiger partial charge in [-0.3, -0.25) is 4.79 Å². The van der Waals surface area contributed by atoms with Gasteiger partial charge in [-0.05, 0) is 42.3 Å². The molecule has 0 aromatic carbocycles. The van der Waals surface area contributed by atoms with Crippen LogP contribution in [0.4, 0.5) is 0 Å². The van der Waals surface area contributed by atoms with Crippen molar-refractivity contribution < 1.29 is 13.2 Å². The van der Waals surface area contributed by atoms with Gasteiger partial charge in [0.05, 0.1) is 0 Å². The zero-order chi connectivity index (χ0) is 16.7. The first kappa shape index (κ1) is 18.1. The van der Waals surface area contributed by atoms with Gasteiger partial charge in [0.15, 0.2) is 0 Å². The SMILES string of the molecule is NCCCCNC(=O)c1sccc1S(=O)(=O)NCc1cccs1. The van der Waals surface area contributed by atoms with Crippen LogP contribution in [-0.4, -0.2) is 27.4 Å². The molecule has 2 rings (SSSR count). The quantitative estimate of drug-likeness (QED) is 0.583. The van der Waals surface area contributed by atoms with Gasteiger partial charge in [0, 0.05) is 18.0 Å². The molecular formula is C14H19N3O3S3. The van der Waals surface area contributed by atoms with E-state index in [4.69, 9.17) is 5.73 Å². The van der Waals surface area contributed by atoms with E-state index in [9.17, 15) is 13.2 Å². The van der Waals surface area contributed by atoms with E-state index in [1.165, 1.54) is 17.4 Å². The zero-order valence-electron chi connectivity index (χ0n) is 12.4. The van der Waals surface area contributed by atoms with Crippen LogP contribution in [-0.2, 0) is 16.6 Å². The van der Waals surface area contributed by atoms with E-state index >= 15 is 0 Å². The summed E-state index contributed by atoms with van der Waals surface area (Å²) in [7, 11) is -3.72. The fourth-order valence-electron chi connectivity index (χ4n) is 1.88. The van der Waals surface area contributed by atoms with Crippen LogP contribution < -0.4 is 15.8 Å². The third kappa shape index (κ3) is 5.11. The van der Waals surface area contributed by atoms with Gasteiger partial charge in [-0.15, -0.1) is 22.7 Å². The summed E-state index contributed by atoms with van der Waals surface area (Å²) in [6, 6.07) is 5.17. The van der Waals surface area contributed by atoms with E-state index in [1.54, 1.807) is 5.38 Å². The Hall–Kier alpha value is -1.26. The summed E-state index contributed by atoms with van der Waals surface area (Å²) in [4.78, 5) is 13.3. The lowest BCUT2D eigenvalue weighted by molar-refractivity contribution is 0.0954. The van der Waals surface area contributed by atoms with Gasteiger partial charge in [0.25, 0.3) is 5.91 Å². The van der Waals surface area contributed by atoms with E-state index in [0.717, 1.165) is 29.1 Å². The molecule has 6 nitrogen and oxygen atoms in total. The molecule has 2 heterocycles. The van der Waals surface area contributed by atoms with Gasteiger partial charge >= 0.3 is 0 Å². The first-order valence-corrected chi connectivity index (χ1v) is 10.4. The molecule has 0 saturated carbocycles. The summed E-state index contributed by atoms with van der Waals surface area (Å²) in [5.74, 6) is -0.367. The van der Waals surface area contributed by atoms with E-state index < -0.39 is 10.0 Å². The summed E-state index contributed by atoms with van der Waals surface area (Å²) in [5, 5.41) is 6.22. The molecule has 1 amide bonds. The number of unbranched alkanes of at least 4 members (excludes halogenated alkanes) is 1. The lowest BCUT2D eigenvalue weighted by Crippen LogP contribution is -2.28. The van der Waals surface area contributed by atoms with Gasteiger partial charge in [-0.2, -0.15) is 0 Å². The van der Waals surface area contributed by atoms with Crippen molar-refractivity contribution in [3.05, 3.63) is 38.7 Å². The van der Waals surface area contributed by atoms with Gasteiger partial charge in [0.2, 0.25) is 10.0 Å². The van der Waals surface area contributed by atoms with Gasteiger partial charge in [-0.25, -0.2) is 13.1 Å². The molecule has 0 bridgehead atoms. The Balaban J connectivity index is 2.02. The molecule has 0 aliphatic heterocycles. The van der Waals surface area contributed by atoms with Crippen LogP contribution in [0.2, 0.25) is 0 Å². The predicted molar refractivity (Wildman–Crippen MR) is 93.3 cm³/mol. The minimum atomic E-state index is -3.72. The molecule has 9 heteroatoms. The number of carbonyl (C=O) groups excluding carboxylic acids is 1. The summed E-state index contributed by atoms with van der Waals surface area (Å²) in [6.45, 7) is 1.27. The molecule has 0 unspecified atom stereocenters. The normalized spacial score (nSPS) is 11.5. The Morgan fingerprint density at radius 3 is 2.70 bits per heavy atom. The van der Waals surface area contributed by atoms with Crippen LogP contribution in [0.5, 0.6) is 0 Å². The lowest BCUT2D eigenvalue weighted by Gasteiger charge is -2.08. The number of sulfonamides is 1. The molecule has 4 N–H and O–H groups in total. The van der Waals surface area contributed by atoms with Crippen molar-refractivity contribution in [1.29, 1.82) is 0 Å². The fourth-order valence-corrected chi connectivity index (χ4v) is 4.97. The van der Waals surface area contributed by atoms with Crippen molar-refractivity contribution in [2.75, 3.05) is 13.1 Å². The van der Waals surface area contributed by atoms with Gasteiger partial charge in [-0.1, -0.05) is 6.07 Å². The van der Waals surface area contributed by atoms with Crippen molar-refractivity contribution in [1.82, 2.24) is 10.0 Å². The Bertz CT molecular complexity index is 724. The molecule has 0 aliphatic rings. The van der Waals surface area contributed by atoms with Crippen LogP contribution in [0.15, 0.2) is 33.9 Å². The fraction of sp³-hybridized carbons (Fsp3) is 0.357. The number of amides is 1. The molecule has 0 radical (unpaired) electrons. The molecular weight excluding hydrogens is 354 g/mol. The monoisotopic (exact) mass is 373 g/mol. The Morgan fingerprint density at radius 1 is 1.17 bits per heavy atom. The van der Waals surface area contributed by atoms with Crippen LogP contribution in [0, 0.1) is 0 Å². The number of carbonyl (C=O) groups is 1. The summed E-state index contributed by atoms with van der Waals surface area (Å²) in [6.07, 6.45) is 1.59. The highest BCUT2D eigenvalue weighted by Gasteiger charge is 2.23. The van der Waals surface area contributed by atoms with E-state index in [-0.39, 0.29) is 22.2 Å². The molecule has 23 heavy (non-hydrogen) atoms. The molecule has 126 valence electrons. The Morgan fingerprint density at radius 2 is 2.00 bits per heavy atom. The highest BCUT2D eigenvalue weighted by Crippen LogP contribution is 2.22. The summed E-state index contributed by atoms with van der Waals surface area (Å²) in [5.41, 5.74) is 5.40. The van der Waals surface area contributed by atoms with Crippen LogP contribution >= 0.6 is 22.7 Å². The number of hydrogen-bond acceptors (Lipinski definition) is 6. The largest absolute Gasteiger partial charge is 0.351 e. The maximum absolute atomic E-state index is 12.4. The standard InChI is InChI=1S/C14H19N3O3S3/c15-6-1-2-7-16-14(18)13-12(5-9-22-13)23(19,20)17-10-11-4-3-8-21-11/h3-5,8-9,17H,1-2,6-7,10,15H2,(H,16,18). The Kier molecular flexibility index (Phi) is 6.72. The van der Waals surface area contributed by atoms with E-state index in [0.29, 0.717) is 13.1 Å². The van der Waals surface area contributed by atoms with E-state index in [2.05, 4.69) is 10.0 Å². The van der Waals surface area contributed by atoms with Crippen molar-refractivity contribution in [3.8, 4) is 0 Å². The topological polar surface area (TPSA) is 101 Å². The third-order valence-corrected chi connectivity index (χ3v) is 6.42. The number of nitrogens with one attached hydrogen (secondary N) is 2. The highest BCUT2D eigenvalue weighted by molar-refractivity contribution is 7.89. The smallest absolute Gasteiger partial charge is 0.262 e. The predicted octanol–water partition coefficient (Wildman–Crippen LogP) is 1.76. The lowest BCUT2D eigenvalue weighted by atomic mass is 10.3. The second-order valence-electron chi connectivity index (χ2n) is 4.77. The number of rotatable bonds is 9. The maximum atomic E-state index is 12.4. The second-order valence-corrected chi connectivity index (χ2v) is 8.45. The molecule has 0 saturated heterocycles. The summed E-state index contributed by atoms with van der Waals surface area (Å²) >= 11 is 2.59. The number of nitrogens with two attached hydrogens (primary N) is 1. The molecule has 0 fully saturated rings. The first-order valence-electron chi connectivity index (χ1n) is 7.12. The van der Waals surface area contributed by atoms with Gasteiger partial charge < -0.3 is 11.1 Å². The highest BCUT2D eigenvalue weighted by atomic mass is 32.2. The minimum Gasteiger partial charge on any atom is -0.351 e. The Labute approximate surface area is 143 Å². The van der Waals surface area contributed by atoms with Crippen molar-refractivity contribution >= 4 is 38.6 Å². The van der Waals surface area contributed by atoms with Crippen LogP contribution in [0.3, 0.4) is 0 Å². The molecule has 0 spiro atoms. The molecule has 0 aliphatic carbocycles. The average molecular weight is 374 g/mol. The molecule has 2 aromatic rings. The van der Waals surface area contributed by atoms with Crippen molar-refractivity contribution in [2.24, 2.45) is 5.73 Å².